The van der Waals surface area contributed by atoms with Crippen molar-refractivity contribution in [3.05, 3.63) is 35.4 Å². The van der Waals surface area contributed by atoms with Crippen LogP contribution in [0.4, 0.5) is 0 Å². The number of nitrogens with one attached hydrogen (secondary N) is 2. The third kappa shape index (κ3) is 4.32. The summed E-state index contributed by atoms with van der Waals surface area (Å²) < 4.78 is 0. The van der Waals surface area contributed by atoms with Gasteiger partial charge in [-0.1, -0.05) is 24.3 Å². The summed E-state index contributed by atoms with van der Waals surface area (Å²) in [6, 6.07) is 8.27. The zero-order valence-electron chi connectivity index (χ0n) is 12.5. The molecule has 0 aromatic heterocycles. The zero-order valence-corrected chi connectivity index (χ0v) is 12.5. The van der Waals surface area contributed by atoms with Gasteiger partial charge in [0.1, 0.15) is 0 Å². The Hall–Kier alpha value is -1.39. The van der Waals surface area contributed by atoms with Crippen LogP contribution in [0.3, 0.4) is 0 Å². The van der Waals surface area contributed by atoms with Gasteiger partial charge in [-0.3, -0.25) is 9.69 Å². The van der Waals surface area contributed by atoms with Crippen LogP contribution >= 0.6 is 0 Å². The van der Waals surface area contributed by atoms with Crippen LogP contribution < -0.4 is 10.6 Å². The Balaban J connectivity index is 1.86. The molecule has 2 N–H and O–H groups in total. The standard InChI is InChI=1S/C16H25N3O/c1-13-6-3-4-7-15(13)14(2)18-16(20)12-19-10-5-8-17-9-11-19/h3-4,6-7,14,17H,5,8-12H2,1-2H3,(H,18,20)/t14-/m0/s1. The predicted octanol–water partition coefficient (Wildman–Crippen LogP) is 1.47. The molecule has 1 saturated heterocycles. The molecule has 0 aliphatic carbocycles. The molecule has 1 fully saturated rings. The molecule has 0 spiro atoms. The number of amides is 1. The lowest BCUT2D eigenvalue weighted by Gasteiger charge is -2.21. The summed E-state index contributed by atoms with van der Waals surface area (Å²) in [5.41, 5.74) is 2.41. The van der Waals surface area contributed by atoms with Gasteiger partial charge in [-0.2, -0.15) is 0 Å². The van der Waals surface area contributed by atoms with E-state index in [0.29, 0.717) is 6.54 Å². The van der Waals surface area contributed by atoms with E-state index in [0.717, 1.165) is 32.6 Å². The van der Waals surface area contributed by atoms with E-state index in [9.17, 15) is 4.79 Å². The van der Waals surface area contributed by atoms with Gasteiger partial charge in [-0.05, 0) is 44.5 Å². The smallest absolute Gasteiger partial charge is 0.234 e. The van der Waals surface area contributed by atoms with Crippen molar-refractivity contribution >= 4 is 5.91 Å². The second kappa shape index (κ2) is 7.41. The van der Waals surface area contributed by atoms with E-state index in [1.165, 1.54) is 11.1 Å². The summed E-state index contributed by atoms with van der Waals surface area (Å²) in [4.78, 5) is 14.4. The first-order chi connectivity index (χ1) is 9.66. The fourth-order valence-corrected chi connectivity index (χ4v) is 2.70. The Labute approximate surface area is 121 Å². The maximum Gasteiger partial charge on any atom is 0.234 e. The molecule has 1 aliphatic heterocycles. The van der Waals surface area contributed by atoms with Crippen molar-refractivity contribution in [2.45, 2.75) is 26.3 Å². The van der Waals surface area contributed by atoms with Gasteiger partial charge in [-0.15, -0.1) is 0 Å². The molecule has 0 unspecified atom stereocenters. The van der Waals surface area contributed by atoms with Crippen LogP contribution in [0.1, 0.15) is 30.5 Å². The summed E-state index contributed by atoms with van der Waals surface area (Å²) in [5, 5.41) is 6.45. The van der Waals surface area contributed by atoms with Crippen molar-refractivity contribution in [2.24, 2.45) is 0 Å². The average Bonchev–Trinajstić information content (AvgIpc) is 2.67. The Morgan fingerprint density at radius 3 is 2.95 bits per heavy atom. The number of benzene rings is 1. The van der Waals surface area contributed by atoms with Gasteiger partial charge in [0.05, 0.1) is 12.6 Å². The first-order valence-corrected chi connectivity index (χ1v) is 7.45. The fraction of sp³-hybridized carbons (Fsp3) is 0.562. The van der Waals surface area contributed by atoms with E-state index in [1.807, 2.05) is 19.1 Å². The van der Waals surface area contributed by atoms with Gasteiger partial charge >= 0.3 is 0 Å². The number of carbonyl (C=O) groups is 1. The predicted molar refractivity (Wildman–Crippen MR) is 81.7 cm³/mol. The van der Waals surface area contributed by atoms with E-state index in [1.54, 1.807) is 0 Å². The molecule has 1 aromatic carbocycles. The minimum absolute atomic E-state index is 0.0637. The van der Waals surface area contributed by atoms with Crippen LogP contribution in [0, 0.1) is 6.92 Å². The first kappa shape index (κ1) is 15.0. The van der Waals surface area contributed by atoms with Gasteiger partial charge in [-0.25, -0.2) is 0 Å². The molecule has 2 rings (SSSR count). The van der Waals surface area contributed by atoms with Crippen LogP contribution in [0.15, 0.2) is 24.3 Å². The number of nitrogens with zero attached hydrogens (tertiary/aromatic N) is 1. The van der Waals surface area contributed by atoms with Crippen LogP contribution in [-0.4, -0.2) is 43.5 Å². The van der Waals surface area contributed by atoms with E-state index >= 15 is 0 Å². The van der Waals surface area contributed by atoms with Gasteiger partial charge < -0.3 is 10.6 Å². The van der Waals surface area contributed by atoms with E-state index in [4.69, 9.17) is 0 Å². The van der Waals surface area contributed by atoms with Crippen molar-refractivity contribution < 1.29 is 4.79 Å². The Morgan fingerprint density at radius 2 is 2.15 bits per heavy atom. The van der Waals surface area contributed by atoms with Crippen LogP contribution in [0.2, 0.25) is 0 Å². The average molecular weight is 275 g/mol. The third-order valence-electron chi connectivity index (χ3n) is 3.83. The molecular formula is C16H25N3O. The van der Waals surface area contributed by atoms with E-state index in [2.05, 4.69) is 34.6 Å². The minimum atomic E-state index is 0.0637. The number of hydrogen-bond donors (Lipinski definition) is 2. The summed E-state index contributed by atoms with van der Waals surface area (Å²) in [6.07, 6.45) is 1.11. The van der Waals surface area contributed by atoms with Crippen LogP contribution in [-0.2, 0) is 4.79 Å². The minimum Gasteiger partial charge on any atom is -0.348 e. The van der Waals surface area contributed by atoms with Crippen molar-refractivity contribution in [3.63, 3.8) is 0 Å². The highest BCUT2D eigenvalue weighted by atomic mass is 16.2. The van der Waals surface area contributed by atoms with Crippen LogP contribution in [0.25, 0.3) is 0 Å². The van der Waals surface area contributed by atoms with Gasteiger partial charge in [0, 0.05) is 13.1 Å². The number of rotatable bonds is 4. The SMILES string of the molecule is Cc1ccccc1[C@H](C)NC(=O)CN1CCCNCC1. The lowest BCUT2D eigenvalue weighted by Crippen LogP contribution is -2.39. The lowest BCUT2D eigenvalue weighted by atomic mass is 10.0. The number of hydrogen-bond acceptors (Lipinski definition) is 3. The monoisotopic (exact) mass is 275 g/mol. The molecule has 20 heavy (non-hydrogen) atoms. The first-order valence-electron chi connectivity index (χ1n) is 7.45. The molecule has 1 atom stereocenters. The number of carbonyl (C=O) groups excluding carboxylic acids is 1. The highest BCUT2D eigenvalue weighted by Crippen LogP contribution is 2.16. The molecule has 1 amide bonds. The second-order valence-electron chi connectivity index (χ2n) is 5.53. The molecule has 110 valence electrons. The molecule has 1 aliphatic rings. The van der Waals surface area contributed by atoms with Gasteiger partial charge in [0.2, 0.25) is 5.91 Å². The molecule has 0 bridgehead atoms. The highest BCUT2D eigenvalue weighted by Gasteiger charge is 2.15. The summed E-state index contributed by atoms with van der Waals surface area (Å²) in [7, 11) is 0. The maximum absolute atomic E-state index is 12.1. The largest absolute Gasteiger partial charge is 0.348 e. The molecule has 1 aromatic rings. The summed E-state index contributed by atoms with van der Waals surface area (Å²) in [6.45, 7) is 8.60. The third-order valence-corrected chi connectivity index (χ3v) is 3.83. The molecule has 0 radical (unpaired) electrons. The Morgan fingerprint density at radius 1 is 1.35 bits per heavy atom. The normalized spacial score (nSPS) is 18.3. The molecule has 1 heterocycles. The maximum atomic E-state index is 12.1. The zero-order chi connectivity index (χ0) is 14.4. The molecular weight excluding hydrogens is 250 g/mol. The lowest BCUT2D eigenvalue weighted by molar-refractivity contribution is -0.122. The Bertz CT molecular complexity index is 439. The van der Waals surface area contributed by atoms with E-state index < -0.39 is 0 Å². The van der Waals surface area contributed by atoms with Gasteiger partial charge in [0.15, 0.2) is 0 Å². The Kier molecular flexibility index (Phi) is 5.56. The molecule has 0 saturated carbocycles. The van der Waals surface area contributed by atoms with Crippen LogP contribution in [0.5, 0.6) is 0 Å². The van der Waals surface area contributed by atoms with Crippen molar-refractivity contribution in [1.29, 1.82) is 0 Å². The second-order valence-corrected chi connectivity index (χ2v) is 5.53. The van der Waals surface area contributed by atoms with Gasteiger partial charge in [0.25, 0.3) is 0 Å². The molecule has 4 heteroatoms. The van der Waals surface area contributed by atoms with E-state index in [-0.39, 0.29) is 11.9 Å². The topological polar surface area (TPSA) is 44.4 Å². The van der Waals surface area contributed by atoms with Crippen molar-refractivity contribution in [2.75, 3.05) is 32.7 Å². The highest BCUT2D eigenvalue weighted by molar-refractivity contribution is 5.78. The number of aryl methyl sites for hydroxylation is 1. The summed E-state index contributed by atoms with van der Waals surface area (Å²) >= 11 is 0. The van der Waals surface area contributed by atoms with Crippen molar-refractivity contribution in [3.8, 4) is 0 Å². The fourth-order valence-electron chi connectivity index (χ4n) is 2.70. The van der Waals surface area contributed by atoms with Crippen molar-refractivity contribution in [1.82, 2.24) is 15.5 Å². The quantitative estimate of drug-likeness (QED) is 0.874. The summed E-state index contributed by atoms with van der Waals surface area (Å²) in [5.74, 6) is 0.114. The molecule has 4 nitrogen and oxygen atoms in total.